The van der Waals surface area contributed by atoms with Crippen LogP contribution in [0.1, 0.15) is 24.0 Å². The zero-order valence-corrected chi connectivity index (χ0v) is 13.3. The Labute approximate surface area is 138 Å². The lowest BCUT2D eigenvalue weighted by Crippen LogP contribution is -2.28. The summed E-state index contributed by atoms with van der Waals surface area (Å²) >= 11 is 0. The second-order valence-corrected chi connectivity index (χ2v) is 6.12. The number of nitrogens with zero attached hydrogens (tertiary/aromatic N) is 3. The van der Waals surface area contributed by atoms with Gasteiger partial charge >= 0.3 is 0 Å². The number of alkyl halides is 2. The minimum Gasteiger partial charge on any atom is -0.331 e. The van der Waals surface area contributed by atoms with E-state index in [9.17, 15) is 13.2 Å². The van der Waals surface area contributed by atoms with E-state index in [2.05, 4.69) is 16.9 Å². The molecular weight excluding hydrogens is 315 g/mol. The Morgan fingerprint density at radius 1 is 1.42 bits per heavy atom. The van der Waals surface area contributed by atoms with Crippen molar-refractivity contribution in [3.8, 4) is 0 Å². The summed E-state index contributed by atoms with van der Waals surface area (Å²) in [4.78, 5) is 1.78. The van der Waals surface area contributed by atoms with Crippen molar-refractivity contribution in [3.63, 3.8) is 0 Å². The van der Waals surface area contributed by atoms with Crippen molar-refractivity contribution < 1.29 is 13.2 Å². The summed E-state index contributed by atoms with van der Waals surface area (Å²) in [5.41, 5.74) is 2.45. The summed E-state index contributed by atoms with van der Waals surface area (Å²) < 4.78 is 39.6. The number of amidine groups is 1. The van der Waals surface area contributed by atoms with Crippen LogP contribution in [0.2, 0.25) is 0 Å². The van der Waals surface area contributed by atoms with E-state index in [-0.39, 0.29) is 18.7 Å². The molecule has 0 bridgehead atoms. The molecule has 1 aromatic rings. The highest BCUT2D eigenvalue weighted by Gasteiger charge is 2.57. The summed E-state index contributed by atoms with van der Waals surface area (Å²) in [5, 5.41) is 7.40. The van der Waals surface area contributed by atoms with Gasteiger partial charge in [-0.3, -0.25) is 0 Å². The number of hydrogen-bond donors (Lipinski definition) is 0. The number of aryl methyl sites for hydroxylation is 1. The van der Waals surface area contributed by atoms with Gasteiger partial charge in [0.2, 0.25) is 0 Å². The van der Waals surface area contributed by atoms with Gasteiger partial charge in [0, 0.05) is 38.2 Å². The molecule has 3 rings (SSSR count). The first-order chi connectivity index (χ1) is 11.4. The zero-order valence-electron chi connectivity index (χ0n) is 13.3. The van der Waals surface area contributed by atoms with E-state index in [0.717, 1.165) is 11.1 Å². The van der Waals surface area contributed by atoms with Crippen molar-refractivity contribution in [3.05, 3.63) is 53.5 Å². The number of hydrogen-bond acceptors (Lipinski definition) is 2. The van der Waals surface area contributed by atoms with E-state index < -0.39 is 11.8 Å². The minimum absolute atomic E-state index is 0.101. The van der Waals surface area contributed by atoms with Gasteiger partial charge in [-0.05, 0) is 41.8 Å². The van der Waals surface area contributed by atoms with Crippen molar-refractivity contribution >= 4 is 18.1 Å². The summed E-state index contributed by atoms with van der Waals surface area (Å²) in [6.07, 6.45) is 5.68. The predicted octanol–water partition coefficient (Wildman–Crippen LogP) is 4.41. The van der Waals surface area contributed by atoms with Crippen molar-refractivity contribution in [1.29, 1.82) is 0 Å². The Morgan fingerprint density at radius 3 is 2.71 bits per heavy atom. The highest BCUT2D eigenvalue weighted by atomic mass is 19.3. The zero-order chi connectivity index (χ0) is 17.3. The predicted molar refractivity (Wildman–Crippen MR) is 89.6 cm³/mol. The first-order valence-corrected chi connectivity index (χ1v) is 7.72. The third-order valence-electron chi connectivity index (χ3n) is 4.34. The molecule has 1 atom stereocenters. The van der Waals surface area contributed by atoms with Gasteiger partial charge in [-0.15, -0.1) is 5.10 Å². The maximum Gasteiger partial charge on any atom is 0.252 e. The van der Waals surface area contributed by atoms with Crippen LogP contribution in [0.3, 0.4) is 0 Å². The first kappa shape index (κ1) is 16.5. The van der Waals surface area contributed by atoms with E-state index in [1.807, 2.05) is 12.2 Å². The summed E-state index contributed by atoms with van der Waals surface area (Å²) in [6, 6.07) is 4.95. The smallest absolute Gasteiger partial charge is 0.252 e. The fourth-order valence-corrected chi connectivity index (χ4v) is 2.73. The normalized spacial score (nSPS) is 22.3. The van der Waals surface area contributed by atoms with Gasteiger partial charge in [-0.1, -0.05) is 12.1 Å². The highest BCUT2D eigenvalue weighted by molar-refractivity contribution is 5.86. The quantitative estimate of drug-likeness (QED) is 0.456. The van der Waals surface area contributed by atoms with Crippen LogP contribution in [-0.2, 0) is 0 Å². The molecule has 1 aliphatic carbocycles. The lowest BCUT2D eigenvalue weighted by atomic mass is 10.0. The second kappa shape index (κ2) is 6.26. The Hall–Kier alpha value is -2.37. The molecular formula is C18H18F3N3. The van der Waals surface area contributed by atoms with Crippen LogP contribution in [-0.4, -0.2) is 29.9 Å². The van der Waals surface area contributed by atoms with Crippen molar-refractivity contribution in [1.82, 2.24) is 4.90 Å². The minimum atomic E-state index is -2.59. The molecule has 1 fully saturated rings. The SMILES string of the molecule is C=N/N=C(/CC1CC1(F)F)N1C=CC(c2ccc(F)c(C)c2)=CC1. The number of benzene rings is 1. The fraction of sp³-hybridized carbons (Fsp3) is 0.333. The van der Waals surface area contributed by atoms with Gasteiger partial charge in [-0.25, -0.2) is 13.2 Å². The third-order valence-corrected chi connectivity index (χ3v) is 4.34. The second-order valence-electron chi connectivity index (χ2n) is 6.12. The number of rotatable bonds is 4. The Balaban J connectivity index is 1.71. The molecule has 0 aromatic heterocycles. The Kier molecular flexibility index (Phi) is 4.30. The van der Waals surface area contributed by atoms with Gasteiger partial charge in [0.05, 0.1) is 0 Å². The lowest BCUT2D eigenvalue weighted by Gasteiger charge is -2.24. The van der Waals surface area contributed by atoms with Gasteiger partial charge in [0.1, 0.15) is 11.7 Å². The van der Waals surface area contributed by atoms with Crippen molar-refractivity contribution in [2.75, 3.05) is 6.54 Å². The van der Waals surface area contributed by atoms with Crippen LogP contribution >= 0.6 is 0 Å². The molecule has 0 saturated heterocycles. The molecule has 0 amide bonds. The fourth-order valence-electron chi connectivity index (χ4n) is 2.73. The molecule has 2 aliphatic rings. The molecule has 0 N–H and O–H groups in total. The van der Waals surface area contributed by atoms with E-state index in [4.69, 9.17) is 0 Å². The summed E-state index contributed by atoms with van der Waals surface area (Å²) in [5.74, 6) is -3.02. The van der Waals surface area contributed by atoms with Crippen molar-refractivity contribution in [2.45, 2.75) is 25.7 Å². The molecule has 0 spiro atoms. The molecule has 6 heteroatoms. The van der Waals surface area contributed by atoms with Crippen LogP contribution in [0.4, 0.5) is 13.2 Å². The summed E-state index contributed by atoms with van der Waals surface area (Å²) in [7, 11) is 0. The van der Waals surface area contributed by atoms with Crippen LogP contribution in [0.25, 0.3) is 5.57 Å². The van der Waals surface area contributed by atoms with Gasteiger partial charge in [-0.2, -0.15) is 5.10 Å². The van der Waals surface area contributed by atoms with Crippen LogP contribution in [0.5, 0.6) is 0 Å². The summed E-state index contributed by atoms with van der Waals surface area (Å²) in [6.45, 7) is 5.52. The van der Waals surface area contributed by atoms with Crippen molar-refractivity contribution in [2.24, 2.45) is 16.1 Å². The lowest BCUT2D eigenvalue weighted by molar-refractivity contribution is 0.0998. The van der Waals surface area contributed by atoms with Crippen LogP contribution in [0.15, 0.2) is 46.8 Å². The third kappa shape index (κ3) is 3.42. The monoisotopic (exact) mass is 333 g/mol. The van der Waals surface area contributed by atoms with Crippen LogP contribution < -0.4 is 0 Å². The molecule has 126 valence electrons. The van der Waals surface area contributed by atoms with Gasteiger partial charge in [0.15, 0.2) is 0 Å². The topological polar surface area (TPSA) is 28.0 Å². The maximum absolute atomic E-state index is 13.4. The van der Waals surface area contributed by atoms with Gasteiger partial charge in [0.25, 0.3) is 5.92 Å². The Bertz CT molecular complexity index is 750. The maximum atomic E-state index is 13.4. The molecule has 1 unspecified atom stereocenters. The molecule has 24 heavy (non-hydrogen) atoms. The molecule has 1 saturated carbocycles. The van der Waals surface area contributed by atoms with E-state index >= 15 is 0 Å². The largest absolute Gasteiger partial charge is 0.331 e. The van der Waals surface area contributed by atoms with Crippen LogP contribution in [0, 0.1) is 18.7 Å². The van der Waals surface area contributed by atoms with E-state index in [0.29, 0.717) is 17.9 Å². The number of halogens is 3. The molecule has 1 heterocycles. The highest BCUT2D eigenvalue weighted by Crippen LogP contribution is 2.51. The molecule has 3 nitrogen and oxygen atoms in total. The average molecular weight is 333 g/mol. The van der Waals surface area contributed by atoms with Gasteiger partial charge < -0.3 is 4.90 Å². The molecule has 0 radical (unpaired) electrons. The van der Waals surface area contributed by atoms with E-state index in [1.54, 1.807) is 30.2 Å². The first-order valence-electron chi connectivity index (χ1n) is 7.72. The molecule has 1 aromatic carbocycles. The molecule has 1 aliphatic heterocycles. The number of allylic oxidation sites excluding steroid dienone is 2. The van der Waals surface area contributed by atoms with E-state index in [1.165, 1.54) is 6.07 Å². The standard InChI is InChI=1S/C18H18F3N3/c1-12-9-14(3-4-16(12)19)13-5-7-24(8-6-13)17(23-22-2)10-15-11-18(15,20)21/h3-7,9,15H,2,8,10-11H2,1H3/b23-17-. The Morgan fingerprint density at radius 2 is 2.17 bits per heavy atom. The average Bonchev–Trinajstić information content (AvgIpc) is 3.16.